The van der Waals surface area contributed by atoms with Gasteiger partial charge in [-0.15, -0.1) is 12.4 Å². The zero-order chi connectivity index (χ0) is 15.9. The number of nitrogens with two attached hydrogens (primary N) is 1. The number of nitrogens with one attached hydrogen (secondary N) is 1. The predicted molar refractivity (Wildman–Crippen MR) is 93.3 cm³/mol. The van der Waals surface area contributed by atoms with E-state index in [-0.39, 0.29) is 36.6 Å². The third-order valence-electron chi connectivity index (χ3n) is 3.75. The minimum Gasteiger partial charge on any atom is -0.355 e. The Morgan fingerprint density at radius 1 is 1.22 bits per heavy atom. The molecule has 5 heteroatoms. The van der Waals surface area contributed by atoms with Crippen LogP contribution in [-0.2, 0) is 11.2 Å². The fourth-order valence-corrected chi connectivity index (χ4v) is 2.46. The Morgan fingerprint density at radius 3 is 2.52 bits per heavy atom. The van der Waals surface area contributed by atoms with E-state index in [2.05, 4.69) is 5.32 Å². The second-order valence-corrected chi connectivity index (χ2v) is 5.31. The Bertz CT molecular complexity index is 634. The van der Waals surface area contributed by atoms with Gasteiger partial charge in [-0.05, 0) is 42.2 Å². The van der Waals surface area contributed by atoms with Crippen LogP contribution in [0.15, 0.2) is 48.5 Å². The molecule has 23 heavy (non-hydrogen) atoms. The molecule has 0 saturated carbocycles. The Balaban J connectivity index is 0.00000264. The summed E-state index contributed by atoms with van der Waals surface area (Å²) in [6.45, 7) is 2.65. The first kappa shape index (κ1) is 19.1. The standard InChI is InChI=1S/C18H21FN2O.ClH/c1-13-11-16(19)8-7-14(13)9-10-21-18(22)17(12-20)15-5-3-2-4-6-15;/h2-8,11,17H,9-10,12,20H2,1H3,(H,21,22);1H. The van der Waals surface area contributed by atoms with Gasteiger partial charge in [-0.2, -0.15) is 0 Å². The highest BCUT2D eigenvalue weighted by Crippen LogP contribution is 2.14. The van der Waals surface area contributed by atoms with Gasteiger partial charge in [0.25, 0.3) is 0 Å². The normalized spacial score (nSPS) is 11.4. The van der Waals surface area contributed by atoms with E-state index in [0.717, 1.165) is 16.7 Å². The van der Waals surface area contributed by atoms with Crippen LogP contribution < -0.4 is 11.1 Å². The second-order valence-electron chi connectivity index (χ2n) is 5.31. The lowest BCUT2D eigenvalue weighted by Crippen LogP contribution is -2.34. The summed E-state index contributed by atoms with van der Waals surface area (Å²) >= 11 is 0. The zero-order valence-electron chi connectivity index (χ0n) is 13.1. The van der Waals surface area contributed by atoms with Crippen LogP contribution in [0, 0.1) is 12.7 Å². The maximum Gasteiger partial charge on any atom is 0.228 e. The average Bonchev–Trinajstić information content (AvgIpc) is 2.51. The highest BCUT2D eigenvalue weighted by atomic mass is 35.5. The molecule has 2 rings (SSSR count). The lowest BCUT2D eigenvalue weighted by molar-refractivity contribution is -0.122. The molecule has 0 bridgehead atoms. The number of hydrogen-bond donors (Lipinski definition) is 2. The molecule has 124 valence electrons. The molecule has 1 unspecified atom stereocenters. The predicted octanol–water partition coefficient (Wildman–Crippen LogP) is 2.96. The lowest BCUT2D eigenvalue weighted by atomic mass is 9.98. The zero-order valence-corrected chi connectivity index (χ0v) is 13.9. The van der Waals surface area contributed by atoms with Gasteiger partial charge in [0.15, 0.2) is 0 Å². The van der Waals surface area contributed by atoms with Crippen molar-refractivity contribution in [3.05, 3.63) is 71.0 Å². The number of halogens is 2. The molecule has 1 amide bonds. The Kier molecular flexibility index (Phi) is 7.72. The van der Waals surface area contributed by atoms with Crippen LogP contribution in [0.4, 0.5) is 4.39 Å². The largest absolute Gasteiger partial charge is 0.355 e. The minimum absolute atomic E-state index is 0. The average molecular weight is 337 g/mol. The molecule has 3 N–H and O–H groups in total. The van der Waals surface area contributed by atoms with E-state index in [4.69, 9.17) is 5.73 Å². The van der Waals surface area contributed by atoms with E-state index < -0.39 is 0 Å². The molecule has 1 atom stereocenters. The van der Waals surface area contributed by atoms with Gasteiger partial charge in [0.05, 0.1) is 5.92 Å². The monoisotopic (exact) mass is 336 g/mol. The number of benzene rings is 2. The molecule has 0 saturated heterocycles. The first-order valence-electron chi connectivity index (χ1n) is 7.39. The maximum absolute atomic E-state index is 13.1. The number of amides is 1. The van der Waals surface area contributed by atoms with Gasteiger partial charge in [-0.25, -0.2) is 4.39 Å². The second kappa shape index (κ2) is 9.28. The van der Waals surface area contributed by atoms with Crippen LogP contribution in [0.25, 0.3) is 0 Å². The SMILES string of the molecule is Cc1cc(F)ccc1CCNC(=O)C(CN)c1ccccc1.Cl. The summed E-state index contributed by atoms with van der Waals surface area (Å²) in [5, 5.41) is 2.91. The molecular formula is C18H22ClFN2O. The van der Waals surface area contributed by atoms with Crippen molar-refractivity contribution >= 4 is 18.3 Å². The van der Waals surface area contributed by atoms with Crippen LogP contribution in [0.3, 0.4) is 0 Å². The number of hydrogen-bond acceptors (Lipinski definition) is 2. The van der Waals surface area contributed by atoms with E-state index in [1.165, 1.54) is 12.1 Å². The van der Waals surface area contributed by atoms with Crippen molar-refractivity contribution in [2.45, 2.75) is 19.3 Å². The number of aryl methyl sites for hydroxylation is 1. The van der Waals surface area contributed by atoms with Crippen molar-refractivity contribution in [3.8, 4) is 0 Å². The van der Waals surface area contributed by atoms with Crippen LogP contribution in [-0.4, -0.2) is 19.0 Å². The highest BCUT2D eigenvalue weighted by molar-refractivity contribution is 5.85. The summed E-state index contributed by atoms with van der Waals surface area (Å²) in [5.41, 5.74) is 8.57. The van der Waals surface area contributed by atoms with Gasteiger partial charge in [0.1, 0.15) is 5.82 Å². The van der Waals surface area contributed by atoms with E-state index in [1.54, 1.807) is 6.07 Å². The smallest absolute Gasteiger partial charge is 0.228 e. The van der Waals surface area contributed by atoms with Crippen molar-refractivity contribution < 1.29 is 9.18 Å². The first-order valence-corrected chi connectivity index (χ1v) is 7.39. The van der Waals surface area contributed by atoms with Crippen LogP contribution >= 0.6 is 12.4 Å². The van der Waals surface area contributed by atoms with Crippen molar-refractivity contribution in [2.24, 2.45) is 5.73 Å². The summed E-state index contributed by atoms with van der Waals surface area (Å²) in [5.74, 6) is -0.651. The Labute approximate surface area is 142 Å². The topological polar surface area (TPSA) is 55.1 Å². The molecule has 0 aliphatic carbocycles. The highest BCUT2D eigenvalue weighted by Gasteiger charge is 2.18. The first-order chi connectivity index (χ1) is 10.6. The van der Waals surface area contributed by atoms with Crippen molar-refractivity contribution in [2.75, 3.05) is 13.1 Å². The molecule has 0 aromatic heterocycles. The van der Waals surface area contributed by atoms with Gasteiger partial charge in [0, 0.05) is 13.1 Å². The summed E-state index contributed by atoms with van der Waals surface area (Å²) in [7, 11) is 0. The number of rotatable bonds is 6. The quantitative estimate of drug-likeness (QED) is 0.852. The van der Waals surface area contributed by atoms with Crippen LogP contribution in [0.5, 0.6) is 0 Å². The number of carbonyl (C=O) groups excluding carboxylic acids is 1. The van der Waals surface area contributed by atoms with Gasteiger partial charge >= 0.3 is 0 Å². The van der Waals surface area contributed by atoms with Gasteiger partial charge in [-0.1, -0.05) is 36.4 Å². The van der Waals surface area contributed by atoms with Crippen molar-refractivity contribution in [1.29, 1.82) is 0 Å². The number of carbonyl (C=O) groups is 1. The Morgan fingerprint density at radius 2 is 1.91 bits per heavy atom. The molecular weight excluding hydrogens is 315 g/mol. The molecule has 0 radical (unpaired) electrons. The molecule has 2 aromatic carbocycles. The molecule has 2 aromatic rings. The molecule has 0 aliphatic heterocycles. The van der Waals surface area contributed by atoms with Crippen LogP contribution in [0.1, 0.15) is 22.6 Å². The van der Waals surface area contributed by atoms with Crippen molar-refractivity contribution in [3.63, 3.8) is 0 Å². The van der Waals surface area contributed by atoms with E-state index in [0.29, 0.717) is 13.0 Å². The van der Waals surface area contributed by atoms with E-state index in [9.17, 15) is 9.18 Å². The summed E-state index contributed by atoms with van der Waals surface area (Å²) in [4.78, 5) is 12.3. The fourth-order valence-electron chi connectivity index (χ4n) is 2.46. The minimum atomic E-state index is -0.337. The summed E-state index contributed by atoms with van der Waals surface area (Å²) in [6, 6.07) is 14.2. The molecule has 0 fully saturated rings. The van der Waals surface area contributed by atoms with E-state index >= 15 is 0 Å². The molecule has 0 aliphatic rings. The molecule has 0 heterocycles. The van der Waals surface area contributed by atoms with Gasteiger partial charge in [-0.3, -0.25) is 4.79 Å². The van der Waals surface area contributed by atoms with Crippen molar-refractivity contribution in [1.82, 2.24) is 5.32 Å². The fraction of sp³-hybridized carbons (Fsp3) is 0.278. The maximum atomic E-state index is 13.1. The molecule has 3 nitrogen and oxygen atoms in total. The third-order valence-corrected chi connectivity index (χ3v) is 3.75. The molecule has 0 spiro atoms. The lowest BCUT2D eigenvalue weighted by Gasteiger charge is -2.15. The summed E-state index contributed by atoms with van der Waals surface area (Å²) in [6.07, 6.45) is 0.671. The third kappa shape index (κ3) is 5.34. The Hall–Kier alpha value is -1.91. The van der Waals surface area contributed by atoms with Gasteiger partial charge < -0.3 is 11.1 Å². The summed E-state index contributed by atoms with van der Waals surface area (Å²) < 4.78 is 13.1. The van der Waals surface area contributed by atoms with Gasteiger partial charge in [0.2, 0.25) is 5.91 Å². The van der Waals surface area contributed by atoms with E-state index in [1.807, 2.05) is 37.3 Å². The van der Waals surface area contributed by atoms with Crippen LogP contribution in [0.2, 0.25) is 0 Å².